The molecule has 7 nitrogen and oxygen atoms in total. The molecule has 0 radical (unpaired) electrons. The number of carbonyl (C=O) groups excluding carboxylic acids is 1. The van der Waals surface area contributed by atoms with Gasteiger partial charge in [0.05, 0.1) is 11.0 Å². The lowest BCUT2D eigenvalue weighted by Crippen LogP contribution is -2.51. The monoisotopic (exact) mass is 409 g/mol. The minimum atomic E-state index is -0.101. The Hall–Kier alpha value is -2.67. The fraction of sp³-hybridized carbons (Fsp3) is 0.522. The molecule has 1 fully saturated rings. The number of benzene rings is 1. The van der Waals surface area contributed by atoms with Crippen molar-refractivity contribution in [1.82, 2.24) is 24.0 Å². The summed E-state index contributed by atoms with van der Waals surface area (Å²) in [5, 5.41) is 4.57. The highest BCUT2D eigenvalue weighted by Gasteiger charge is 2.26. The first-order valence-electron chi connectivity index (χ1n) is 10.9. The van der Waals surface area contributed by atoms with Crippen molar-refractivity contribution in [3.05, 3.63) is 46.4 Å². The molecule has 1 amide bonds. The van der Waals surface area contributed by atoms with Crippen LogP contribution in [0, 0.1) is 5.92 Å². The van der Waals surface area contributed by atoms with E-state index < -0.39 is 0 Å². The normalized spacial score (nSPS) is 16.6. The van der Waals surface area contributed by atoms with Crippen LogP contribution in [0.2, 0.25) is 0 Å². The highest BCUT2D eigenvalue weighted by atomic mass is 16.2. The van der Waals surface area contributed by atoms with Crippen molar-refractivity contribution in [1.29, 1.82) is 0 Å². The Bertz CT molecular complexity index is 1120. The Balaban J connectivity index is 1.70. The van der Waals surface area contributed by atoms with Crippen LogP contribution in [-0.2, 0) is 6.54 Å². The summed E-state index contributed by atoms with van der Waals surface area (Å²) in [5.41, 5.74) is 2.38. The molecule has 1 atom stereocenters. The summed E-state index contributed by atoms with van der Waals surface area (Å²) in [7, 11) is 0. The summed E-state index contributed by atoms with van der Waals surface area (Å²) in [6.07, 6.45) is 1.11. The standard InChI is InChI=1S/C23H31N5O2/c1-5-17(4)25-10-12-26(13-11-25)22(29)18-14-21-23(30)27(15-16(2)3)19-8-6-7-9-20(19)28(21)24-18/h6-9,14,16-17H,5,10-13,15H2,1-4H3/t17-/m0/s1. The SMILES string of the molecule is CC[C@H](C)N1CCN(C(=O)c2cc3c(=O)n(CC(C)C)c4ccccc4n3n2)CC1. The van der Waals surface area contributed by atoms with E-state index in [9.17, 15) is 9.59 Å². The fourth-order valence-corrected chi connectivity index (χ4v) is 4.27. The van der Waals surface area contributed by atoms with Crippen molar-refractivity contribution in [2.75, 3.05) is 26.2 Å². The van der Waals surface area contributed by atoms with Crippen LogP contribution in [0.5, 0.6) is 0 Å². The molecule has 0 N–H and O–H groups in total. The van der Waals surface area contributed by atoms with Gasteiger partial charge in [0.1, 0.15) is 5.52 Å². The van der Waals surface area contributed by atoms with Crippen LogP contribution in [-0.4, -0.2) is 62.1 Å². The van der Waals surface area contributed by atoms with Gasteiger partial charge in [-0.25, -0.2) is 4.52 Å². The Labute approximate surface area is 176 Å². The van der Waals surface area contributed by atoms with Gasteiger partial charge in [0, 0.05) is 44.8 Å². The second-order valence-electron chi connectivity index (χ2n) is 8.71. The van der Waals surface area contributed by atoms with Crippen molar-refractivity contribution < 1.29 is 4.79 Å². The minimum Gasteiger partial charge on any atom is -0.335 e. The zero-order valence-electron chi connectivity index (χ0n) is 18.3. The Morgan fingerprint density at radius 1 is 1.03 bits per heavy atom. The molecule has 1 aliphatic heterocycles. The van der Waals surface area contributed by atoms with E-state index in [2.05, 4.69) is 37.7 Å². The lowest BCUT2D eigenvalue weighted by atomic mass is 10.2. The summed E-state index contributed by atoms with van der Waals surface area (Å²) in [6, 6.07) is 9.94. The van der Waals surface area contributed by atoms with E-state index in [-0.39, 0.29) is 11.5 Å². The van der Waals surface area contributed by atoms with E-state index in [1.807, 2.05) is 29.2 Å². The average Bonchev–Trinajstić information content (AvgIpc) is 3.21. The van der Waals surface area contributed by atoms with Gasteiger partial charge in [-0.1, -0.05) is 32.9 Å². The molecule has 7 heteroatoms. The molecule has 1 aromatic carbocycles. The number of hydrogen-bond acceptors (Lipinski definition) is 4. The predicted octanol–water partition coefficient (Wildman–Crippen LogP) is 2.86. The minimum absolute atomic E-state index is 0.0959. The fourth-order valence-electron chi connectivity index (χ4n) is 4.27. The number of rotatable bonds is 5. The van der Waals surface area contributed by atoms with Crippen LogP contribution in [0.3, 0.4) is 0 Å². The summed E-state index contributed by atoms with van der Waals surface area (Å²) in [5.74, 6) is 0.237. The summed E-state index contributed by atoms with van der Waals surface area (Å²) in [4.78, 5) is 30.6. The molecule has 160 valence electrons. The van der Waals surface area contributed by atoms with Gasteiger partial charge in [0.2, 0.25) is 0 Å². The molecule has 30 heavy (non-hydrogen) atoms. The smallest absolute Gasteiger partial charge is 0.277 e. The molecule has 0 aliphatic carbocycles. The highest BCUT2D eigenvalue weighted by molar-refractivity contribution is 5.94. The number of para-hydroxylation sites is 2. The number of piperazine rings is 1. The molecule has 4 rings (SSSR count). The number of nitrogens with zero attached hydrogens (tertiary/aromatic N) is 5. The van der Waals surface area contributed by atoms with Crippen LogP contribution >= 0.6 is 0 Å². The van der Waals surface area contributed by atoms with Gasteiger partial charge < -0.3 is 9.47 Å². The molecule has 0 bridgehead atoms. The summed E-state index contributed by atoms with van der Waals surface area (Å²) in [6.45, 7) is 12.4. The van der Waals surface area contributed by atoms with Crippen LogP contribution in [0.1, 0.15) is 44.6 Å². The highest BCUT2D eigenvalue weighted by Crippen LogP contribution is 2.18. The molecular formula is C23H31N5O2. The molecule has 0 unspecified atom stereocenters. The van der Waals surface area contributed by atoms with Gasteiger partial charge in [0.25, 0.3) is 11.5 Å². The molecule has 2 aromatic heterocycles. The zero-order chi connectivity index (χ0) is 21.4. The van der Waals surface area contributed by atoms with Gasteiger partial charge in [-0.05, 0) is 31.4 Å². The maximum atomic E-state index is 13.2. The number of carbonyl (C=O) groups is 1. The first-order valence-corrected chi connectivity index (χ1v) is 10.9. The van der Waals surface area contributed by atoms with Crippen LogP contribution in [0.15, 0.2) is 35.1 Å². The van der Waals surface area contributed by atoms with E-state index in [0.29, 0.717) is 42.8 Å². The maximum Gasteiger partial charge on any atom is 0.277 e. The summed E-state index contributed by atoms with van der Waals surface area (Å²) < 4.78 is 3.44. The van der Waals surface area contributed by atoms with Crippen molar-refractivity contribution in [2.45, 2.75) is 46.7 Å². The predicted molar refractivity (Wildman–Crippen MR) is 119 cm³/mol. The lowest BCUT2D eigenvalue weighted by Gasteiger charge is -2.37. The number of fused-ring (bicyclic) bond motifs is 3. The van der Waals surface area contributed by atoms with E-state index >= 15 is 0 Å². The first kappa shape index (κ1) is 20.6. The molecule has 1 saturated heterocycles. The van der Waals surface area contributed by atoms with Gasteiger partial charge in [-0.15, -0.1) is 0 Å². The third kappa shape index (κ3) is 3.62. The quantitative estimate of drug-likeness (QED) is 0.650. The molecule has 3 aromatic rings. The average molecular weight is 410 g/mol. The Kier molecular flexibility index (Phi) is 5.64. The van der Waals surface area contributed by atoms with Gasteiger partial charge in [-0.2, -0.15) is 5.10 Å². The van der Waals surface area contributed by atoms with Gasteiger partial charge >= 0.3 is 0 Å². The molecule has 3 heterocycles. The van der Waals surface area contributed by atoms with Gasteiger partial charge in [-0.3, -0.25) is 14.5 Å². The molecule has 0 spiro atoms. The Morgan fingerprint density at radius 3 is 2.33 bits per heavy atom. The number of hydrogen-bond donors (Lipinski definition) is 0. The Morgan fingerprint density at radius 2 is 1.70 bits per heavy atom. The van der Waals surface area contributed by atoms with E-state index in [0.717, 1.165) is 30.5 Å². The first-order chi connectivity index (χ1) is 14.4. The van der Waals surface area contributed by atoms with Crippen molar-refractivity contribution in [3.63, 3.8) is 0 Å². The van der Waals surface area contributed by atoms with Crippen molar-refractivity contribution in [2.24, 2.45) is 5.92 Å². The maximum absolute atomic E-state index is 13.2. The number of amides is 1. The number of aromatic nitrogens is 3. The lowest BCUT2D eigenvalue weighted by molar-refractivity contribution is 0.0574. The topological polar surface area (TPSA) is 62.9 Å². The van der Waals surface area contributed by atoms with E-state index in [1.165, 1.54) is 0 Å². The third-order valence-electron chi connectivity index (χ3n) is 6.16. The second kappa shape index (κ2) is 8.22. The van der Waals surface area contributed by atoms with Crippen LogP contribution < -0.4 is 5.56 Å². The summed E-state index contributed by atoms with van der Waals surface area (Å²) >= 11 is 0. The molecular weight excluding hydrogens is 378 g/mol. The van der Waals surface area contributed by atoms with Crippen LogP contribution in [0.25, 0.3) is 16.6 Å². The molecule has 0 saturated carbocycles. The van der Waals surface area contributed by atoms with Crippen LogP contribution in [0.4, 0.5) is 0 Å². The second-order valence-corrected chi connectivity index (χ2v) is 8.71. The third-order valence-corrected chi connectivity index (χ3v) is 6.16. The van der Waals surface area contributed by atoms with Crippen molar-refractivity contribution >= 4 is 22.5 Å². The molecule has 1 aliphatic rings. The van der Waals surface area contributed by atoms with Crippen molar-refractivity contribution in [3.8, 4) is 0 Å². The van der Waals surface area contributed by atoms with E-state index in [1.54, 1.807) is 15.1 Å². The largest absolute Gasteiger partial charge is 0.335 e. The zero-order valence-corrected chi connectivity index (χ0v) is 18.3. The van der Waals surface area contributed by atoms with E-state index in [4.69, 9.17) is 0 Å². The van der Waals surface area contributed by atoms with Gasteiger partial charge in [0.15, 0.2) is 5.69 Å².